The van der Waals surface area contributed by atoms with Gasteiger partial charge in [-0.25, -0.2) is 0 Å². The third-order valence-electron chi connectivity index (χ3n) is 4.21. The van der Waals surface area contributed by atoms with Gasteiger partial charge in [-0.2, -0.15) is 0 Å². The Morgan fingerprint density at radius 1 is 1.22 bits per heavy atom. The van der Waals surface area contributed by atoms with Gasteiger partial charge in [-0.3, -0.25) is 29.8 Å². The zero-order valence-electron chi connectivity index (χ0n) is 11.5. The van der Waals surface area contributed by atoms with Crippen LogP contribution in [0.25, 0.3) is 0 Å². The Morgan fingerprint density at radius 2 is 1.91 bits per heavy atom. The molecule has 2 unspecified atom stereocenters. The van der Waals surface area contributed by atoms with Crippen molar-refractivity contribution in [1.82, 2.24) is 10.6 Å². The van der Waals surface area contributed by atoms with Crippen molar-refractivity contribution in [1.29, 1.82) is 0 Å². The summed E-state index contributed by atoms with van der Waals surface area (Å²) in [4.78, 5) is 47.4. The highest BCUT2D eigenvalue weighted by molar-refractivity contribution is 7.81. The van der Waals surface area contributed by atoms with E-state index in [2.05, 4.69) is 10.6 Å². The number of rotatable bonds is 2. The molecule has 23 heavy (non-hydrogen) atoms. The van der Waals surface area contributed by atoms with Gasteiger partial charge in [0.15, 0.2) is 0 Å². The number of nitrogens with one attached hydrogen (secondary N) is 2. The van der Waals surface area contributed by atoms with Crippen molar-refractivity contribution in [3.8, 4) is 0 Å². The van der Waals surface area contributed by atoms with Crippen LogP contribution in [0.4, 0.5) is 0 Å². The first kappa shape index (κ1) is 15.6. The Kier molecular flexibility index (Phi) is 3.45. The van der Waals surface area contributed by atoms with Crippen LogP contribution in [0.2, 0.25) is 0 Å². The third-order valence-corrected chi connectivity index (χ3v) is 5.05. The smallest absolute Gasteiger partial charge is 0.284 e. The van der Waals surface area contributed by atoms with Crippen molar-refractivity contribution >= 4 is 52.0 Å². The molecule has 0 aromatic carbocycles. The normalized spacial score (nSPS) is 30.3. The van der Waals surface area contributed by atoms with Crippen LogP contribution in [-0.2, 0) is 14.4 Å². The summed E-state index contributed by atoms with van der Waals surface area (Å²) in [7, 11) is 0. The zero-order chi connectivity index (χ0) is 16.9. The second-order valence-corrected chi connectivity index (χ2v) is 6.21. The molecule has 3 rings (SSSR count). The maximum Gasteiger partial charge on any atom is 0.284 e. The van der Waals surface area contributed by atoms with Crippen molar-refractivity contribution in [2.24, 2.45) is 11.3 Å². The summed E-state index contributed by atoms with van der Waals surface area (Å²) in [6.45, 7) is 0. The number of carbonyl (C=O) groups excluding carboxylic acids is 3. The number of piperidine rings is 1. The van der Waals surface area contributed by atoms with E-state index in [1.165, 1.54) is 6.08 Å². The van der Waals surface area contributed by atoms with Crippen LogP contribution in [-0.4, -0.2) is 32.5 Å². The molecule has 0 saturated carbocycles. The first-order valence-corrected chi connectivity index (χ1v) is 7.43. The van der Waals surface area contributed by atoms with Crippen LogP contribution in [0.5, 0.6) is 0 Å². The lowest BCUT2D eigenvalue weighted by Crippen LogP contribution is -2.55. The summed E-state index contributed by atoms with van der Waals surface area (Å²) in [5.41, 5.74) is -2.33. The van der Waals surface area contributed by atoms with Gasteiger partial charge in [-0.15, -0.1) is 0 Å². The van der Waals surface area contributed by atoms with Gasteiger partial charge in [-0.05, 0) is 18.9 Å². The summed E-state index contributed by atoms with van der Waals surface area (Å²) in [6, 6.07) is 0. The van der Waals surface area contributed by atoms with E-state index in [1.54, 1.807) is 0 Å². The molecular formula is C13H9N3O5S2. The largest absolute Gasteiger partial charge is 0.320 e. The molecule has 118 valence electrons. The Hall–Kier alpha value is -2.33. The number of hydrogen-bond donors (Lipinski definition) is 2. The second kappa shape index (κ2) is 5.10. The van der Waals surface area contributed by atoms with Gasteiger partial charge in [0.25, 0.3) is 11.6 Å². The number of allylic oxidation sites excluding steroid dienone is 3. The highest BCUT2D eigenvalue weighted by Crippen LogP contribution is 2.48. The van der Waals surface area contributed by atoms with Crippen LogP contribution in [0.1, 0.15) is 12.8 Å². The van der Waals surface area contributed by atoms with Crippen molar-refractivity contribution in [2.45, 2.75) is 12.8 Å². The second-order valence-electron chi connectivity index (χ2n) is 5.31. The Labute approximate surface area is 140 Å². The first-order chi connectivity index (χ1) is 10.8. The molecule has 2 N–H and O–H groups in total. The van der Waals surface area contributed by atoms with Crippen molar-refractivity contribution < 1.29 is 19.3 Å². The minimum absolute atomic E-state index is 0.0360. The molecule has 8 nitrogen and oxygen atoms in total. The first-order valence-electron chi connectivity index (χ1n) is 6.61. The number of amides is 3. The highest BCUT2D eigenvalue weighted by atomic mass is 32.1. The quantitative estimate of drug-likeness (QED) is 0.310. The summed E-state index contributed by atoms with van der Waals surface area (Å²) in [5, 5.41) is 15.8. The van der Waals surface area contributed by atoms with Gasteiger partial charge < -0.3 is 5.32 Å². The Morgan fingerprint density at radius 3 is 2.52 bits per heavy atom. The lowest BCUT2D eigenvalue weighted by molar-refractivity contribution is -0.415. The molecule has 0 aromatic heterocycles. The van der Waals surface area contributed by atoms with Crippen LogP contribution in [0, 0.1) is 21.4 Å². The maximum atomic E-state index is 12.5. The van der Waals surface area contributed by atoms with Gasteiger partial charge in [-0.1, -0.05) is 24.4 Å². The molecule has 0 radical (unpaired) electrons. The van der Waals surface area contributed by atoms with Crippen molar-refractivity contribution in [2.75, 3.05) is 0 Å². The minimum atomic E-state index is -1.83. The molecule has 1 aliphatic carbocycles. The van der Waals surface area contributed by atoms with Crippen LogP contribution in [0.15, 0.2) is 23.4 Å². The summed E-state index contributed by atoms with van der Waals surface area (Å²) < 4.78 is 0. The van der Waals surface area contributed by atoms with Crippen molar-refractivity contribution in [3.63, 3.8) is 0 Å². The zero-order valence-corrected chi connectivity index (χ0v) is 13.1. The fraction of sp³-hybridized carbons (Fsp3) is 0.308. The van der Waals surface area contributed by atoms with Gasteiger partial charge in [0.1, 0.15) is 10.3 Å². The lowest BCUT2D eigenvalue weighted by atomic mass is 9.63. The van der Waals surface area contributed by atoms with Crippen LogP contribution >= 0.6 is 24.4 Å². The number of imide groups is 1. The third kappa shape index (κ3) is 1.98. The average Bonchev–Trinajstić information content (AvgIpc) is 2.72. The number of hydrogen-bond acceptors (Lipinski definition) is 7. The number of nitrogens with zero attached hydrogens (tertiary/aromatic N) is 1. The molecule has 3 aliphatic rings. The van der Waals surface area contributed by atoms with Gasteiger partial charge in [0, 0.05) is 11.6 Å². The summed E-state index contributed by atoms with van der Waals surface area (Å²) >= 11 is 10.1. The van der Waals surface area contributed by atoms with E-state index in [0.29, 0.717) is 11.4 Å². The summed E-state index contributed by atoms with van der Waals surface area (Å²) in [6.07, 6.45) is 2.77. The Bertz CT molecular complexity index is 784. The molecule has 2 atom stereocenters. The summed E-state index contributed by atoms with van der Waals surface area (Å²) in [5.74, 6) is -3.09. The molecule has 2 heterocycles. The molecule has 0 aromatic rings. The molecular weight excluding hydrogens is 342 g/mol. The minimum Gasteiger partial charge on any atom is -0.320 e. The number of fused-ring (bicyclic) bond motifs is 1. The molecule has 2 aliphatic heterocycles. The van der Waals surface area contributed by atoms with Crippen LogP contribution in [0.3, 0.4) is 0 Å². The highest BCUT2D eigenvalue weighted by Gasteiger charge is 2.64. The monoisotopic (exact) mass is 351 g/mol. The molecule has 0 bridgehead atoms. The molecule has 2 fully saturated rings. The number of nitro groups is 1. The lowest BCUT2D eigenvalue weighted by Gasteiger charge is -2.37. The van der Waals surface area contributed by atoms with Gasteiger partial charge in [0.2, 0.25) is 11.8 Å². The maximum absolute atomic E-state index is 12.5. The van der Waals surface area contributed by atoms with E-state index in [-0.39, 0.29) is 16.9 Å². The van der Waals surface area contributed by atoms with Gasteiger partial charge in [0.05, 0.1) is 15.8 Å². The SMILES string of the molecule is O=C1NC(=O)C2(C3CCC(=S)NC3=O)C(=S)C([N+](=O)[O-])=CC=C12. The predicted octanol–water partition coefficient (Wildman–Crippen LogP) is -0.0467. The number of thiocarbonyl (C=S) groups is 2. The molecule has 3 amide bonds. The topological polar surface area (TPSA) is 118 Å². The molecule has 0 spiro atoms. The van der Waals surface area contributed by atoms with Gasteiger partial charge >= 0.3 is 0 Å². The fourth-order valence-electron chi connectivity index (χ4n) is 3.20. The predicted molar refractivity (Wildman–Crippen MR) is 84.8 cm³/mol. The number of carbonyl (C=O) groups is 3. The van der Waals surface area contributed by atoms with E-state index in [4.69, 9.17) is 24.4 Å². The fourth-order valence-corrected chi connectivity index (χ4v) is 3.90. The molecule has 2 saturated heterocycles. The van der Waals surface area contributed by atoms with E-state index < -0.39 is 39.7 Å². The standard InChI is InChI=1S/C13H9N3O5S2/c17-10-6(2-4-8(22)14-10)13-5(11(18)15-12(13)19)1-3-7(9(13)23)16(20)21/h1,3,6H,2,4H2,(H,14,17,22)(H,15,18,19). The van der Waals surface area contributed by atoms with Crippen molar-refractivity contribution in [3.05, 3.63) is 33.5 Å². The average molecular weight is 351 g/mol. The van der Waals surface area contributed by atoms with E-state index in [9.17, 15) is 24.5 Å². The van der Waals surface area contributed by atoms with E-state index in [1.807, 2.05) is 0 Å². The molecule has 10 heteroatoms. The van der Waals surface area contributed by atoms with Crippen LogP contribution < -0.4 is 10.6 Å². The van der Waals surface area contributed by atoms with E-state index in [0.717, 1.165) is 6.08 Å². The van der Waals surface area contributed by atoms with E-state index >= 15 is 0 Å². The Balaban J connectivity index is 2.20.